The van der Waals surface area contributed by atoms with Crippen molar-refractivity contribution in [2.75, 3.05) is 0 Å². The standard InChI is InChI=1S/C23H37BBrNO2Si/c1-15(2)29(16(3)4,17(5)6)26-20-12-11-19(25)13-18(20)14-21(26)24-27-22(7,8)23(9,10)28-24/h11-17H,1-10H3. The predicted octanol–water partition coefficient (Wildman–Crippen LogP) is 6.73. The zero-order valence-electron chi connectivity index (χ0n) is 19.8. The van der Waals surface area contributed by atoms with Gasteiger partial charge in [0.15, 0.2) is 8.24 Å². The Labute approximate surface area is 186 Å². The second-order valence-electron chi connectivity index (χ2n) is 10.5. The van der Waals surface area contributed by atoms with Gasteiger partial charge < -0.3 is 13.5 Å². The molecular formula is C23H37BBrNO2Si. The van der Waals surface area contributed by atoms with Crippen LogP contribution < -0.4 is 5.59 Å². The minimum absolute atomic E-state index is 0.350. The summed E-state index contributed by atoms with van der Waals surface area (Å²) in [7, 11) is -2.35. The van der Waals surface area contributed by atoms with Crippen LogP contribution in [0, 0.1) is 0 Å². The fraction of sp³-hybridized carbons (Fsp3) is 0.652. The maximum absolute atomic E-state index is 6.55. The number of benzene rings is 1. The third-order valence-electron chi connectivity index (χ3n) is 7.45. The second kappa shape index (κ2) is 7.54. The summed E-state index contributed by atoms with van der Waals surface area (Å²) in [6.07, 6.45) is 0. The summed E-state index contributed by atoms with van der Waals surface area (Å²) in [6, 6.07) is 8.95. The molecule has 0 radical (unpaired) electrons. The average molecular weight is 478 g/mol. The van der Waals surface area contributed by atoms with Crippen LogP contribution in [-0.4, -0.2) is 30.8 Å². The van der Waals surface area contributed by atoms with Gasteiger partial charge in [-0.05, 0) is 74.0 Å². The van der Waals surface area contributed by atoms with E-state index in [1.54, 1.807) is 0 Å². The van der Waals surface area contributed by atoms with Gasteiger partial charge in [0, 0.05) is 15.6 Å². The van der Waals surface area contributed by atoms with Gasteiger partial charge in [-0.1, -0.05) is 57.5 Å². The quantitative estimate of drug-likeness (QED) is 0.445. The highest BCUT2D eigenvalue weighted by atomic mass is 79.9. The van der Waals surface area contributed by atoms with Crippen LogP contribution in [-0.2, 0) is 9.31 Å². The van der Waals surface area contributed by atoms with Crippen LogP contribution in [0.4, 0.5) is 0 Å². The molecule has 1 fully saturated rings. The summed E-state index contributed by atoms with van der Waals surface area (Å²) in [6.45, 7) is 23.0. The van der Waals surface area contributed by atoms with E-state index in [4.69, 9.17) is 9.31 Å². The minimum atomic E-state index is -2.00. The molecule has 1 saturated heterocycles. The topological polar surface area (TPSA) is 23.4 Å². The maximum atomic E-state index is 6.55. The van der Waals surface area contributed by atoms with E-state index in [0.717, 1.165) is 4.47 Å². The normalized spacial score (nSPS) is 19.3. The molecule has 0 spiro atoms. The molecule has 3 nitrogen and oxygen atoms in total. The van der Waals surface area contributed by atoms with Crippen LogP contribution in [0.1, 0.15) is 69.2 Å². The van der Waals surface area contributed by atoms with Gasteiger partial charge in [0.1, 0.15) is 0 Å². The first-order valence-electron chi connectivity index (χ1n) is 10.9. The van der Waals surface area contributed by atoms with E-state index in [1.165, 1.54) is 16.5 Å². The van der Waals surface area contributed by atoms with E-state index in [2.05, 4.69) is 114 Å². The molecule has 3 rings (SSSR count). The number of hydrogen-bond donors (Lipinski definition) is 0. The second-order valence-corrected chi connectivity index (χ2v) is 17.1. The number of nitrogens with zero attached hydrogens (tertiary/aromatic N) is 1. The molecule has 0 N–H and O–H groups in total. The molecule has 0 amide bonds. The van der Waals surface area contributed by atoms with E-state index < -0.39 is 8.24 Å². The SMILES string of the molecule is CC(C)[Si](C(C)C)(C(C)C)n1c(B2OC(C)(C)C(C)(C)O2)cc2cc(Br)ccc21. The number of rotatable bonds is 5. The Morgan fingerprint density at radius 1 is 0.862 bits per heavy atom. The van der Waals surface area contributed by atoms with Crippen molar-refractivity contribution in [3.63, 3.8) is 0 Å². The Bertz CT molecular complexity index is 866. The molecule has 1 aromatic carbocycles. The van der Waals surface area contributed by atoms with Crippen molar-refractivity contribution in [1.29, 1.82) is 0 Å². The third kappa shape index (κ3) is 3.48. The number of aromatic nitrogens is 1. The zero-order chi connectivity index (χ0) is 21.9. The van der Waals surface area contributed by atoms with Gasteiger partial charge in [-0.15, -0.1) is 0 Å². The van der Waals surface area contributed by atoms with Gasteiger partial charge in [-0.3, -0.25) is 0 Å². The largest absolute Gasteiger partial charge is 0.511 e. The first kappa shape index (κ1) is 23.1. The number of hydrogen-bond acceptors (Lipinski definition) is 2. The van der Waals surface area contributed by atoms with Crippen molar-refractivity contribution in [2.45, 2.75) is 97.1 Å². The summed E-state index contributed by atoms with van der Waals surface area (Å²) in [5.41, 5.74) is 3.54. The first-order chi connectivity index (χ1) is 13.3. The van der Waals surface area contributed by atoms with E-state index >= 15 is 0 Å². The lowest BCUT2D eigenvalue weighted by Gasteiger charge is -2.46. The van der Waals surface area contributed by atoms with Crippen LogP contribution in [0.15, 0.2) is 28.7 Å². The van der Waals surface area contributed by atoms with Crippen LogP contribution >= 0.6 is 15.9 Å². The van der Waals surface area contributed by atoms with Crippen LogP contribution in [0.2, 0.25) is 16.6 Å². The molecule has 2 heterocycles. The van der Waals surface area contributed by atoms with Crippen LogP contribution in [0.3, 0.4) is 0 Å². The molecule has 0 bridgehead atoms. The Hall–Kier alpha value is -0.558. The number of fused-ring (bicyclic) bond motifs is 1. The van der Waals surface area contributed by atoms with Crippen molar-refractivity contribution in [1.82, 2.24) is 4.23 Å². The molecule has 0 atom stereocenters. The van der Waals surface area contributed by atoms with E-state index in [1.807, 2.05) is 0 Å². The summed E-state index contributed by atoms with van der Waals surface area (Å²) < 4.78 is 16.9. The van der Waals surface area contributed by atoms with Gasteiger partial charge in [0.2, 0.25) is 0 Å². The van der Waals surface area contributed by atoms with Gasteiger partial charge in [0.05, 0.1) is 11.2 Å². The highest BCUT2D eigenvalue weighted by molar-refractivity contribution is 9.10. The molecule has 0 aliphatic carbocycles. The molecular weight excluding hydrogens is 441 g/mol. The first-order valence-corrected chi connectivity index (χ1v) is 13.9. The molecule has 0 unspecified atom stereocenters. The highest BCUT2D eigenvalue weighted by Gasteiger charge is 2.55. The van der Waals surface area contributed by atoms with Crippen molar-refractivity contribution in [2.24, 2.45) is 0 Å². The van der Waals surface area contributed by atoms with Crippen molar-refractivity contribution >= 4 is 47.8 Å². The summed E-state index contributed by atoms with van der Waals surface area (Å²) >= 11 is 3.66. The van der Waals surface area contributed by atoms with Gasteiger partial charge >= 0.3 is 7.12 Å². The number of halogens is 1. The molecule has 2 aromatic rings. The van der Waals surface area contributed by atoms with Gasteiger partial charge in [0.25, 0.3) is 0 Å². The summed E-state index contributed by atoms with van der Waals surface area (Å²) in [5.74, 6) is 0. The lowest BCUT2D eigenvalue weighted by Crippen LogP contribution is -2.58. The minimum Gasteiger partial charge on any atom is -0.398 e. The predicted molar refractivity (Wildman–Crippen MR) is 132 cm³/mol. The molecule has 0 saturated carbocycles. The monoisotopic (exact) mass is 477 g/mol. The van der Waals surface area contributed by atoms with Gasteiger partial charge in [-0.25, -0.2) is 0 Å². The van der Waals surface area contributed by atoms with Crippen molar-refractivity contribution in [3.05, 3.63) is 28.7 Å². The fourth-order valence-corrected chi connectivity index (χ4v) is 12.7. The Balaban J connectivity index is 2.35. The van der Waals surface area contributed by atoms with E-state index in [9.17, 15) is 0 Å². The average Bonchev–Trinajstić information content (AvgIpc) is 3.01. The molecule has 160 valence electrons. The highest BCUT2D eigenvalue weighted by Crippen LogP contribution is 2.45. The third-order valence-corrected chi connectivity index (χ3v) is 14.8. The Morgan fingerprint density at radius 3 is 1.79 bits per heavy atom. The smallest absolute Gasteiger partial charge is 0.398 e. The maximum Gasteiger partial charge on any atom is 0.511 e. The zero-order valence-corrected chi connectivity index (χ0v) is 22.3. The summed E-state index contributed by atoms with van der Waals surface area (Å²) in [5, 5.41) is 1.25. The van der Waals surface area contributed by atoms with Crippen molar-refractivity contribution in [3.8, 4) is 0 Å². The van der Waals surface area contributed by atoms with Crippen molar-refractivity contribution < 1.29 is 9.31 Å². The lowest BCUT2D eigenvalue weighted by atomic mass is 9.85. The Kier molecular flexibility index (Phi) is 6.01. The van der Waals surface area contributed by atoms with E-state index in [0.29, 0.717) is 16.6 Å². The molecule has 1 aliphatic rings. The van der Waals surface area contributed by atoms with Crippen LogP contribution in [0.25, 0.3) is 10.9 Å². The fourth-order valence-electron chi connectivity index (χ4n) is 5.55. The summed E-state index contributed by atoms with van der Waals surface area (Å²) in [4.78, 5) is 0. The van der Waals surface area contributed by atoms with E-state index in [-0.39, 0.29) is 18.3 Å². The molecule has 1 aliphatic heterocycles. The lowest BCUT2D eigenvalue weighted by molar-refractivity contribution is 0.00578. The van der Waals surface area contributed by atoms with Crippen LogP contribution in [0.5, 0.6) is 0 Å². The molecule has 29 heavy (non-hydrogen) atoms. The van der Waals surface area contributed by atoms with Gasteiger partial charge in [-0.2, -0.15) is 0 Å². The Morgan fingerprint density at radius 2 is 1.34 bits per heavy atom. The molecule has 6 heteroatoms. The molecule has 1 aromatic heterocycles.